The molecule has 1 N–H and O–H groups in total. The molecule has 4 nitrogen and oxygen atoms in total. The van der Waals surface area contributed by atoms with Crippen LogP contribution < -0.4 is 10.1 Å². The SMILES string of the molecule is COc1ccccc1-c1nc(C(F)(F)F)c(C(=O)NCc2cccc(F)c2)s1. The van der Waals surface area contributed by atoms with Gasteiger partial charge in [0.05, 0.1) is 12.7 Å². The number of ether oxygens (including phenoxy) is 1. The Morgan fingerprint density at radius 1 is 1.18 bits per heavy atom. The van der Waals surface area contributed by atoms with E-state index in [4.69, 9.17) is 4.74 Å². The lowest BCUT2D eigenvalue weighted by molar-refractivity contribution is -0.141. The van der Waals surface area contributed by atoms with E-state index in [9.17, 15) is 22.4 Å². The van der Waals surface area contributed by atoms with Gasteiger partial charge in [0, 0.05) is 6.54 Å². The van der Waals surface area contributed by atoms with E-state index in [1.54, 1.807) is 30.3 Å². The van der Waals surface area contributed by atoms with E-state index >= 15 is 0 Å². The number of carbonyl (C=O) groups excluding carboxylic acids is 1. The highest BCUT2D eigenvalue weighted by molar-refractivity contribution is 7.17. The normalized spacial score (nSPS) is 11.3. The Labute approximate surface area is 161 Å². The molecule has 0 spiro atoms. The first-order chi connectivity index (χ1) is 13.3. The smallest absolute Gasteiger partial charge is 0.435 e. The number of alkyl halides is 3. The van der Waals surface area contributed by atoms with E-state index in [0.29, 0.717) is 28.2 Å². The molecule has 1 heterocycles. The summed E-state index contributed by atoms with van der Waals surface area (Å²) < 4.78 is 58.6. The molecule has 3 rings (SSSR count). The third-order valence-electron chi connectivity index (χ3n) is 3.78. The van der Waals surface area contributed by atoms with Crippen molar-refractivity contribution in [1.29, 1.82) is 0 Å². The van der Waals surface area contributed by atoms with Gasteiger partial charge in [0.25, 0.3) is 5.91 Å². The van der Waals surface area contributed by atoms with Gasteiger partial charge in [-0.2, -0.15) is 13.2 Å². The van der Waals surface area contributed by atoms with Crippen molar-refractivity contribution in [1.82, 2.24) is 10.3 Å². The number of hydrogen-bond acceptors (Lipinski definition) is 4. The lowest BCUT2D eigenvalue weighted by Gasteiger charge is -2.07. The van der Waals surface area contributed by atoms with Gasteiger partial charge in [-0.05, 0) is 29.8 Å². The second-order valence-electron chi connectivity index (χ2n) is 5.71. The summed E-state index contributed by atoms with van der Waals surface area (Å²) in [5.74, 6) is -1.09. The van der Waals surface area contributed by atoms with Crippen LogP contribution in [0.25, 0.3) is 10.6 Å². The lowest BCUT2D eigenvalue weighted by atomic mass is 10.2. The number of nitrogens with one attached hydrogen (secondary N) is 1. The zero-order valence-corrected chi connectivity index (χ0v) is 15.3. The van der Waals surface area contributed by atoms with Crippen LogP contribution in [0.1, 0.15) is 20.9 Å². The molecule has 3 aromatic rings. The number of para-hydroxylation sites is 1. The van der Waals surface area contributed by atoms with Crippen molar-refractivity contribution in [2.45, 2.75) is 12.7 Å². The predicted octanol–water partition coefficient (Wildman–Crippen LogP) is 4.91. The molecule has 2 aromatic carbocycles. The maximum Gasteiger partial charge on any atom is 0.435 e. The molecule has 0 aliphatic heterocycles. The maximum absolute atomic E-state index is 13.4. The Morgan fingerprint density at radius 3 is 2.61 bits per heavy atom. The minimum Gasteiger partial charge on any atom is -0.496 e. The van der Waals surface area contributed by atoms with Crippen LogP contribution in [-0.2, 0) is 12.7 Å². The summed E-state index contributed by atoms with van der Waals surface area (Å²) in [7, 11) is 1.39. The monoisotopic (exact) mass is 410 g/mol. The van der Waals surface area contributed by atoms with Gasteiger partial charge in [-0.25, -0.2) is 9.37 Å². The first-order valence-electron chi connectivity index (χ1n) is 8.03. The van der Waals surface area contributed by atoms with Gasteiger partial charge in [0.1, 0.15) is 21.5 Å². The summed E-state index contributed by atoms with van der Waals surface area (Å²) >= 11 is 0.618. The summed E-state index contributed by atoms with van der Waals surface area (Å²) in [6.07, 6.45) is -4.80. The zero-order valence-electron chi connectivity index (χ0n) is 14.5. The van der Waals surface area contributed by atoms with Gasteiger partial charge < -0.3 is 10.1 Å². The van der Waals surface area contributed by atoms with Crippen molar-refractivity contribution in [3.05, 3.63) is 70.5 Å². The highest BCUT2D eigenvalue weighted by Crippen LogP contribution is 2.40. The second-order valence-corrected chi connectivity index (χ2v) is 6.71. The summed E-state index contributed by atoms with van der Waals surface area (Å²) in [4.78, 5) is 15.5. The molecule has 1 aromatic heterocycles. The van der Waals surface area contributed by atoms with Gasteiger partial charge in [-0.15, -0.1) is 11.3 Å². The Bertz CT molecular complexity index is 1000. The fraction of sp³-hybridized carbons (Fsp3) is 0.158. The molecule has 0 aliphatic rings. The lowest BCUT2D eigenvalue weighted by Crippen LogP contribution is -2.24. The number of thiazole rings is 1. The minimum absolute atomic E-state index is 0.0145. The predicted molar refractivity (Wildman–Crippen MR) is 96.7 cm³/mol. The van der Waals surface area contributed by atoms with Crippen LogP contribution in [0.3, 0.4) is 0 Å². The van der Waals surface area contributed by atoms with Crippen molar-refractivity contribution in [3.63, 3.8) is 0 Å². The molecule has 0 fully saturated rings. The largest absolute Gasteiger partial charge is 0.496 e. The molecule has 146 valence electrons. The van der Waals surface area contributed by atoms with Crippen LogP contribution in [0.5, 0.6) is 5.75 Å². The molecule has 0 aliphatic carbocycles. The van der Waals surface area contributed by atoms with E-state index in [-0.39, 0.29) is 11.6 Å². The van der Waals surface area contributed by atoms with E-state index < -0.39 is 28.5 Å². The number of methoxy groups -OCH3 is 1. The number of amides is 1. The highest BCUT2D eigenvalue weighted by Gasteiger charge is 2.40. The zero-order chi connectivity index (χ0) is 20.3. The topological polar surface area (TPSA) is 51.2 Å². The van der Waals surface area contributed by atoms with Crippen LogP contribution in [0.15, 0.2) is 48.5 Å². The molecule has 9 heteroatoms. The number of rotatable bonds is 5. The first kappa shape index (κ1) is 19.8. The van der Waals surface area contributed by atoms with Crippen LogP contribution in [0, 0.1) is 5.82 Å². The van der Waals surface area contributed by atoms with Crippen LogP contribution in [0.2, 0.25) is 0 Å². The molecule has 0 saturated carbocycles. The summed E-state index contributed by atoms with van der Waals surface area (Å²) in [5, 5.41) is 2.40. The van der Waals surface area contributed by atoms with Crippen LogP contribution in [0.4, 0.5) is 17.6 Å². The molecular weight excluding hydrogens is 396 g/mol. The third-order valence-corrected chi connectivity index (χ3v) is 4.87. The van der Waals surface area contributed by atoms with Gasteiger partial charge >= 0.3 is 6.18 Å². The van der Waals surface area contributed by atoms with Gasteiger partial charge in [-0.1, -0.05) is 24.3 Å². The number of halogens is 4. The van der Waals surface area contributed by atoms with Crippen molar-refractivity contribution >= 4 is 17.2 Å². The Kier molecular flexibility index (Phi) is 5.64. The average molecular weight is 410 g/mol. The Balaban J connectivity index is 1.93. The molecule has 28 heavy (non-hydrogen) atoms. The fourth-order valence-corrected chi connectivity index (χ4v) is 3.54. The van der Waals surface area contributed by atoms with Gasteiger partial charge in [0.15, 0.2) is 5.69 Å². The molecule has 0 saturated heterocycles. The van der Waals surface area contributed by atoms with E-state index in [0.717, 1.165) is 0 Å². The maximum atomic E-state index is 13.4. The standard InChI is InChI=1S/C19H14F4N2O2S/c1-27-14-8-3-2-7-13(14)18-25-16(19(21,22)23)15(28-18)17(26)24-10-11-5-4-6-12(20)9-11/h2-9H,10H2,1H3,(H,24,26). The van der Waals surface area contributed by atoms with E-state index in [1.807, 2.05) is 0 Å². The van der Waals surface area contributed by atoms with Crippen molar-refractivity contribution < 1.29 is 27.1 Å². The molecule has 0 bridgehead atoms. The fourth-order valence-electron chi connectivity index (χ4n) is 2.51. The van der Waals surface area contributed by atoms with Crippen LogP contribution in [-0.4, -0.2) is 18.0 Å². The van der Waals surface area contributed by atoms with E-state index in [1.165, 1.54) is 25.3 Å². The second kappa shape index (κ2) is 7.97. The molecular formula is C19H14F4N2O2S. The molecule has 0 atom stereocenters. The number of aromatic nitrogens is 1. The summed E-state index contributed by atoms with van der Waals surface area (Å²) in [6.45, 7) is -0.115. The van der Waals surface area contributed by atoms with Crippen molar-refractivity contribution in [3.8, 4) is 16.3 Å². The summed E-state index contributed by atoms with van der Waals surface area (Å²) in [6, 6.07) is 11.9. The quantitative estimate of drug-likeness (QED) is 0.609. The molecule has 0 radical (unpaired) electrons. The number of benzene rings is 2. The highest BCUT2D eigenvalue weighted by atomic mass is 32.1. The van der Waals surface area contributed by atoms with Crippen molar-refractivity contribution in [2.75, 3.05) is 7.11 Å². The molecule has 0 unspecified atom stereocenters. The average Bonchev–Trinajstić information content (AvgIpc) is 3.12. The van der Waals surface area contributed by atoms with Gasteiger partial charge in [0.2, 0.25) is 0 Å². The van der Waals surface area contributed by atoms with Crippen LogP contribution >= 0.6 is 11.3 Å². The number of carbonyl (C=O) groups is 1. The Morgan fingerprint density at radius 2 is 1.93 bits per heavy atom. The van der Waals surface area contributed by atoms with Crippen molar-refractivity contribution in [2.24, 2.45) is 0 Å². The third kappa shape index (κ3) is 4.30. The first-order valence-corrected chi connectivity index (χ1v) is 8.85. The van der Waals surface area contributed by atoms with Gasteiger partial charge in [-0.3, -0.25) is 4.79 Å². The minimum atomic E-state index is -4.80. The number of nitrogens with zero attached hydrogens (tertiary/aromatic N) is 1. The van der Waals surface area contributed by atoms with E-state index in [2.05, 4.69) is 10.3 Å². The molecule has 1 amide bonds. The summed E-state index contributed by atoms with van der Waals surface area (Å²) in [5.41, 5.74) is -0.490. The number of hydrogen-bond donors (Lipinski definition) is 1. The Hall–Kier alpha value is -2.94.